The van der Waals surface area contributed by atoms with Crippen molar-refractivity contribution in [2.45, 2.75) is 26.7 Å². The molecule has 2 N–H and O–H groups in total. The molecule has 5 heteroatoms. The molecule has 2 amide bonds. The second-order valence-electron chi connectivity index (χ2n) is 6.23. The van der Waals surface area contributed by atoms with Crippen molar-refractivity contribution >= 4 is 28.9 Å². The second-order valence-corrected chi connectivity index (χ2v) is 6.23. The molecular formula is C20H23N3O2. The van der Waals surface area contributed by atoms with Gasteiger partial charge in [-0.3, -0.25) is 9.59 Å². The average molecular weight is 337 g/mol. The minimum atomic E-state index is -0.0567. The van der Waals surface area contributed by atoms with E-state index in [0.29, 0.717) is 13.0 Å². The third kappa shape index (κ3) is 3.82. The summed E-state index contributed by atoms with van der Waals surface area (Å²) in [6.45, 7) is 4.89. The number of rotatable bonds is 5. The lowest BCUT2D eigenvalue weighted by atomic mass is 10.1. The zero-order valence-corrected chi connectivity index (χ0v) is 14.6. The van der Waals surface area contributed by atoms with Gasteiger partial charge in [-0.2, -0.15) is 0 Å². The van der Waals surface area contributed by atoms with Gasteiger partial charge in [0.05, 0.1) is 6.54 Å². The van der Waals surface area contributed by atoms with Crippen molar-refractivity contribution < 1.29 is 9.59 Å². The maximum absolute atomic E-state index is 12.5. The third-order valence-electron chi connectivity index (χ3n) is 4.52. The molecule has 0 saturated heterocycles. The van der Waals surface area contributed by atoms with E-state index in [9.17, 15) is 9.59 Å². The van der Waals surface area contributed by atoms with Crippen LogP contribution in [0.15, 0.2) is 42.5 Å². The van der Waals surface area contributed by atoms with Crippen LogP contribution in [0.2, 0.25) is 0 Å². The maximum Gasteiger partial charge on any atom is 0.243 e. The molecule has 0 saturated carbocycles. The molecule has 130 valence electrons. The molecule has 2 aromatic rings. The Bertz CT molecular complexity index is 801. The number of nitrogens with zero attached hydrogens (tertiary/aromatic N) is 1. The van der Waals surface area contributed by atoms with E-state index >= 15 is 0 Å². The number of carbonyl (C=O) groups is 2. The van der Waals surface area contributed by atoms with Gasteiger partial charge >= 0.3 is 0 Å². The molecule has 0 aliphatic carbocycles. The summed E-state index contributed by atoms with van der Waals surface area (Å²) in [5.41, 5.74) is 4.75. The van der Waals surface area contributed by atoms with E-state index < -0.39 is 0 Å². The van der Waals surface area contributed by atoms with Crippen LogP contribution in [0, 0.1) is 6.92 Å². The van der Waals surface area contributed by atoms with Crippen molar-refractivity contribution in [1.29, 1.82) is 0 Å². The molecule has 1 aliphatic heterocycles. The van der Waals surface area contributed by atoms with Gasteiger partial charge in [-0.25, -0.2) is 0 Å². The van der Waals surface area contributed by atoms with Gasteiger partial charge in [-0.05, 0) is 42.7 Å². The first-order valence-electron chi connectivity index (χ1n) is 8.60. The van der Waals surface area contributed by atoms with Gasteiger partial charge in [0.15, 0.2) is 0 Å². The lowest BCUT2D eigenvalue weighted by Gasteiger charge is -2.19. The molecule has 1 heterocycles. The molecule has 0 radical (unpaired) electrons. The largest absolute Gasteiger partial charge is 0.362 e. The highest BCUT2D eigenvalue weighted by atomic mass is 16.2. The van der Waals surface area contributed by atoms with Gasteiger partial charge in [-0.1, -0.05) is 31.2 Å². The Morgan fingerprint density at radius 1 is 1.00 bits per heavy atom. The molecular weight excluding hydrogens is 314 g/mol. The van der Waals surface area contributed by atoms with Crippen LogP contribution in [0.4, 0.5) is 17.1 Å². The predicted octanol–water partition coefficient (Wildman–Crippen LogP) is 3.34. The predicted molar refractivity (Wildman–Crippen MR) is 101 cm³/mol. The fourth-order valence-corrected chi connectivity index (χ4v) is 3.08. The average Bonchev–Trinajstić information content (AvgIpc) is 3.01. The quantitative estimate of drug-likeness (QED) is 0.879. The smallest absolute Gasteiger partial charge is 0.243 e. The Kier molecular flexibility index (Phi) is 5.03. The Labute approximate surface area is 148 Å². The summed E-state index contributed by atoms with van der Waals surface area (Å²) in [6.07, 6.45) is 1.39. The molecule has 0 fully saturated rings. The van der Waals surface area contributed by atoms with Crippen LogP contribution < -0.4 is 15.5 Å². The van der Waals surface area contributed by atoms with E-state index in [2.05, 4.69) is 27.7 Å². The lowest BCUT2D eigenvalue weighted by Crippen LogP contribution is -2.32. The Morgan fingerprint density at radius 3 is 2.40 bits per heavy atom. The Morgan fingerprint density at radius 2 is 1.68 bits per heavy atom. The summed E-state index contributed by atoms with van der Waals surface area (Å²) >= 11 is 0. The van der Waals surface area contributed by atoms with E-state index in [1.807, 2.05) is 44.2 Å². The number of nitrogens with one attached hydrogen (secondary N) is 2. The highest BCUT2D eigenvalue weighted by Crippen LogP contribution is 2.27. The summed E-state index contributed by atoms with van der Waals surface area (Å²) in [4.78, 5) is 26.2. The Balaban J connectivity index is 1.68. The first kappa shape index (κ1) is 17.0. The first-order valence-corrected chi connectivity index (χ1v) is 8.60. The van der Waals surface area contributed by atoms with E-state index in [1.165, 1.54) is 5.56 Å². The van der Waals surface area contributed by atoms with Crippen LogP contribution in [0.25, 0.3) is 0 Å². The van der Waals surface area contributed by atoms with Crippen molar-refractivity contribution in [2.24, 2.45) is 0 Å². The van der Waals surface area contributed by atoms with Crippen LogP contribution in [0.5, 0.6) is 0 Å². The van der Waals surface area contributed by atoms with Crippen LogP contribution in [-0.2, 0) is 16.0 Å². The van der Waals surface area contributed by atoms with Crippen LogP contribution in [0.3, 0.4) is 0 Å². The minimum Gasteiger partial charge on any atom is -0.362 e. The van der Waals surface area contributed by atoms with Crippen molar-refractivity contribution in [3.63, 3.8) is 0 Å². The monoisotopic (exact) mass is 337 g/mol. The van der Waals surface area contributed by atoms with Gasteiger partial charge in [0.25, 0.3) is 0 Å². The highest BCUT2D eigenvalue weighted by Gasteiger charge is 2.20. The summed E-state index contributed by atoms with van der Waals surface area (Å²) in [7, 11) is 0. The number of hydrogen-bond acceptors (Lipinski definition) is 3. The van der Waals surface area contributed by atoms with Crippen molar-refractivity contribution in [3.05, 3.63) is 53.6 Å². The molecule has 0 atom stereocenters. The summed E-state index contributed by atoms with van der Waals surface area (Å²) in [6, 6.07) is 13.7. The first-order chi connectivity index (χ1) is 12.1. The zero-order valence-electron chi connectivity index (χ0n) is 14.6. The van der Waals surface area contributed by atoms with Gasteiger partial charge in [0, 0.05) is 30.0 Å². The number of para-hydroxylation sites is 1. The normalized spacial score (nSPS) is 12.6. The number of fused-ring (bicyclic) bond motifs is 1. The van der Waals surface area contributed by atoms with Crippen molar-refractivity contribution in [1.82, 2.24) is 0 Å². The fraction of sp³-hybridized carbons (Fsp3) is 0.300. The number of carbonyl (C=O) groups excluding carboxylic acids is 2. The number of amides is 2. The van der Waals surface area contributed by atoms with E-state index in [-0.39, 0.29) is 11.8 Å². The van der Waals surface area contributed by atoms with Crippen molar-refractivity contribution in [2.75, 3.05) is 28.6 Å². The fourth-order valence-electron chi connectivity index (χ4n) is 3.08. The van der Waals surface area contributed by atoms with Gasteiger partial charge < -0.3 is 15.5 Å². The van der Waals surface area contributed by atoms with Crippen molar-refractivity contribution in [3.8, 4) is 0 Å². The molecule has 5 nitrogen and oxygen atoms in total. The van der Waals surface area contributed by atoms with Crippen LogP contribution >= 0.6 is 0 Å². The SMILES string of the molecule is CCC(=O)Nc1cccc(NC(=O)CN2CCc3ccccc32)c1C. The molecule has 0 spiro atoms. The molecule has 2 aromatic carbocycles. The zero-order chi connectivity index (χ0) is 17.8. The molecule has 0 bridgehead atoms. The van der Waals surface area contributed by atoms with Gasteiger partial charge in [0.1, 0.15) is 0 Å². The number of anilines is 3. The molecule has 25 heavy (non-hydrogen) atoms. The summed E-state index contributed by atoms with van der Waals surface area (Å²) in [5.74, 6) is -0.0981. The molecule has 3 rings (SSSR count). The van der Waals surface area contributed by atoms with Gasteiger partial charge in [0.2, 0.25) is 11.8 Å². The molecule has 1 aliphatic rings. The Hall–Kier alpha value is -2.82. The lowest BCUT2D eigenvalue weighted by molar-refractivity contribution is -0.116. The molecule has 0 aromatic heterocycles. The van der Waals surface area contributed by atoms with Gasteiger partial charge in [-0.15, -0.1) is 0 Å². The van der Waals surface area contributed by atoms with E-state index in [4.69, 9.17) is 0 Å². The number of hydrogen-bond donors (Lipinski definition) is 2. The second kappa shape index (κ2) is 7.38. The van der Waals surface area contributed by atoms with E-state index in [0.717, 1.165) is 35.6 Å². The third-order valence-corrected chi connectivity index (χ3v) is 4.52. The molecule has 0 unspecified atom stereocenters. The standard InChI is InChI=1S/C20H23N3O2/c1-3-19(24)21-16-8-6-9-17(14(16)2)22-20(25)13-23-12-11-15-7-4-5-10-18(15)23/h4-10H,3,11-13H2,1-2H3,(H,21,24)(H,22,25). The summed E-state index contributed by atoms with van der Waals surface area (Å²) in [5, 5.41) is 5.83. The summed E-state index contributed by atoms with van der Waals surface area (Å²) < 4.78 is 0. The highest BCUT2D eigenvalue weighted by molar-refractivity contribution is 5.97. The van der Waals surface area contributed by atoms with E-state index in [1.54, 1.807) is 0 Å². The maximum atomic E-state index is 12.5. The van der Waals surface area contributed by atoms with Crippen LogP contribution in [0.1, 0.15) is 24.5 Å². The minimum absolute atomic E-state index is 0.0414. The number of benzene rings is 2. The topological polar surface area (TPSA) is 61.4 Å². The van der Waals surface area contributed by atoms with Crippen LogP contribution in [-0.4, -0.2) is 24.9 Å².